The van der Waals surface area contributed by atoms with Crippen molar-refractivity contribution in [2.75, 3.05) is 11.9 Å². The van der Waals surface area contributed by atoms with E-state index in [1.54, 1.807) is 0 Å². The first-order chi connectivity index (χ1) is 8.31. The van der Waals surface area contributed by atoms with Crippen LogP contribution in [-0.2, 0) is 6.42 Å². The number of rotatable bonds is 4. The van der Waals surface area contributed by atoms with Crippen molar-refractivity contribution in [3.05, 3.63) is 29.8 Å². The molecule has 0 saturated carbocycles. The Kier molecular flexibility index (Phi) is 4.49. The summed E-state index contributed by atoms with van der Waals surface area (Å²) in [4.78, 5) is 4.56. The Morgan fingerprint density at radius 2 is 2.29 bits per heavy atom. The first-order valence-electron chi connectivity index (χ1n) is 6.39. The number of nitrogens with zero attached hydrogens (tertiary/aromatic N) is 1. The maximum Gasteiger partial charge on any atom is 0.161 e. The zero-order valence-electron chi connectivity index (χ0n) is 10.6. The number of benzene rings is 1. The summed E-state index contributed by atoms with van der Waals surface area (Å²) < 4.78 is 0. The largest absolute Gasteiger partial charge is 0.335 e. The van der Waals surface area contributed by atoms with E-state index < -0.39 is 0 Å². The molecule has 2 rings (SSSR count). The van der Waals surface area contributed by atoms with Crippen molar-refractivity contribution in [2.24, 2.45) is 4.99 Å². The molecule has 1 heterocycles. The summed E-state index contributed by atoms with van der Waals surface area (Å²) in [5.74, 6) is 0. The molecular weight excluding hydrogens is 228 g/mol. The second kappa shape index (κ2) is 6.10. The molecule has 2 nitrogen and oxygen atoms in total. The summed E-state index contributed by atoms with van der Waals surface area (Å²) in [5.41, 5.74) is 2.52. The lowest BCUT2D eigenvalue weighted by molar-refractivity contribution is 0.754. The lowest BCUT2D eigenvalue weighted by atomic mass is 10.1. The van der Waals surface area contributed by atoms with E-state index in [0.717, 1.165) is 23.8 Å². The molecule has 1 N–H and O–H groups in total. The van der Waals surface area contributed by atoms with E-state index in [9.17, 15) is 0 Å². The molecule has 1 unspecified atom stereocenters. The third-order valence-electron chi connectivity index (χ3n) is 2.91. The van der Waals surface area contributed by atoms with Gasteiger partial charge in [-0.25, -0.2) is 0 Å². The predicted octanol–water partition coefficient (Wildman–Crippen LogP) is 3.93. The van der Waals surface area contributed by atoms with Gasteiger partial charge in [0.1, 0.15) is 0 Å². The quantitative estimate of drug-likeness (QED) is 0.873. The van der Waals surface area contributed by atoms with Gasteiger partial charge in [0.25, 0.3) is 0 Å². The molecule has 17 heavy (non-hydrogen) atoms. The summed E-state index contributed by atoms with van der Waals surface area (Å²) in [7, 11) is 0. The van der Waals surface area contributed by atoms with Gasteiger partial charge in [0.2, 0.25) is 0 Å². The van der Waals surface area contributed by atoms with Crippen LogP contribution >= 0.6 is 11.8 Å². The molecule has 1 aromatic carbocycles. The molecule has 0 spiro atoms. The molecule has 1 atom stereocenters. The number of amidine groups is 1. The van der Waals surface area contributed by atoms with Crippen LogP contribution in [0.25, 0.3) is 0 Å². The smallest absolute Gasteiger partial charge is 0.161 e. The normalized spacial score (nSPS) is 19.2. The maximum atomic E-state index is 4.56. The van der Waals surface area contributed by atoms with Crippen LogP contribution in [0, 0.1) is 0 Å². The molecule has 3 heteroatoms. The zero-order chi connectivity index (χ0) is 12.1. The molecule has 0 saturated heterocycles. The van der Waals surface area contributed by atoms with Gasteiger partial charge in [0, 0.05) is 10.9 Å². The Balaban J connectivity index is 1.93. The van der Waals surface area contributed by atoms with Gasteiger partial charge in [-0.2, -0.15) is 0 Å². The van der Waals surface area contributed by atoms with Crippen LogP contribution in [0.3, 0.4) is 0 Å². The van der Waals surface area contributed by atoms with E-state index >= 15 is 0 Å². The van der Waals surface area contributed by atoms with Crippen LogP contribution in [0.2, 0.25) is 0 Å². The zero-order valence-corrected chi connectivity index (χ0v) is 11.4. The monoisotopic (exact) mass is 248 g/mol. The van der Waals surface area contributed by atoms with Gasteiger partial charge in [-0.3, -0.25) is 4.99 Å². The van der Waals surface area contributed by atoms with Crippen molar-refractivity contribution < 1.29 is 0 Å². The fraction of sp³-hybridized carbons (Fsp3) is 0.500. The van der Waals surface area contributed by atoms with Gasteiger partial charge >= 0.3 is 0 Å². The van der Waals surface area contributed by atoms with E-state index in [4.69, 9.17) is 0 Å². The Labute approximate surface area is 108 Å². The molecule has 1 aliphatic rings. The summed E-state index contributed by atoms with van der Waals surface area (Å²) in [5, 5.41) is 5.17. The van der Waals surface area contributed by atoms with Gasteiger partial charge < -0.3 is 5.32 Å². The van der Waals surface area contributed by atoms with E-state index in [-0.39, 0.29) is 0 Å². The Morgan fingerprint density at radius 1 is 1.41 bits per heavy atom. The molecule has 1 aromatic rings. The van der Waals surface area contributed by atoms with Crippen LogP contribution in [0.1, 0.15) is 32.3 Å². The number of anilines is 1. The van der Waals surface area contributed by atoms with Gasteiger partial charge in [-0.05, 0) is 30.5 Å². The first-order valence-corrected chi connectivity index (χ1v) is 7.26. The summed E-state index contributed by atoms with van der Waals surface area (Å²) in [6.07, 6.45) is 3.58. The number of aryl methyl sites for hydroxylation is 1. The lowest BCUT2D eigenvalue weighted by Crippen LogP contribution is -2.07. The predicted molar refractivity (Wildman–Crippen MR) is 78.0 cm³/mol. The van der Waals surface area contributed by atoms with Crippen LogP contribution in [0.4, 0.5) is 5.69 Å². The second-order valence-corrected chi connectivity index (χ2v) is 5.64. The van der Waals surface area contributed by atoms with Gasteiger partial charge in [0.05, 0.1) is 6.54 Å². The summed E-state index contributed by atoms with van der Waals surface area (Å²) in [6.45, 7) is 5.38. The Hall–Kier alpha value is -0.960. The lowest BCUT2D eigenvalue weighted by Gasteiger charge is -2.08. The number of hydrogen-bond donors (Lipinski definition) is 1. The molecule has 1 aliphatic heterocycles. The topological polar surface area (TPSA) is 24.4 Å². The number of nitrogens with one attached hydrogen (secondary N) is 1. The highest BCUT2D eigenvalue weighted by molar-refractivity contribution is 8.15. The minimum Gasteiger partial charge on any atom is -0.335 e. The molecule has 0 radical (unpaired) electrons. The maximum absolute atomic E-state index is 4.56. The Bertz CT molecular complexity index is 401. The fourth-order valence-electron chi connectivity index (χ4n) is 1.95. The number of aliphatic imine (C=N–C) groups is 1. The molecule has 0 bridgehead atoms. The minimum absolute atomic E-state index is 0.678. The van der Waals surface area contributed by atoms with Crippen molar-refractivity contribution in [2.45, 2.75) is 38.4 Å². The Morgan fingerprint density at radius 3 is 3.06 bits per heavy atom. The van der Waals surface area contributed by atoms with Crippen molar-refractivity contribution in [1.82, 2.24) is 0 Å². The van der Waals surface area contributed by atoms with Crippen molar-refractivity contribution >= 4 is 22.6 Å². The van der Waals surface area contributed by atoms with Gasteiger partial charge in [-0.15, -0.1) is 0 Å². The van der Waals surface area contributed by atoms with E-state index in [0.29, 0.717) is 5.25 Å². The van der Waals surface area contributed by atoms with Gasteiger partial charge in [-0.1, -0.05) is 44.2 Å². The average Bonchev–Trinajstić information content (AvgIpc) is 2.77. The van der Waals surface area contributed by atoms with Crippen molar-refractivity contribution in [3.63, 3.8) is 0 Å². The van der Waals surface area contributed by atoms with E-state index in [1.165, 1.54) is 18.4 Å². The molecular formula is C14H20N2S. The van der Waals surface area contributed by atoms with Crippen LogP contribution < -0.4 is 5.32 Å². The third kappa shape index (κ3) is 3.50. The van der Waals surface area contributed by atoms with Crippen LogP contribution in [0.15, 0.2) is 29.3 Å². The molecule has 0 aromatic heterocycles. The molecule has 0 amide bonds. The minimum atomic E-state index is 0.678. The van der Waals surface area contributed by atoms with Crippen molar-refractivity contribution in [3.8, 4) is 0 Å². The molecule has 0 aliphatic carbocycles. The fourth-order valence-corrected chi connectivity index (χ4v) is 3.10. The highest BCUT2D eigenvalue weighted by Crippen LogP contribution is 2.26. The number of hydrogen-bond acceptors (Lipinski definition) is 3. The number of thioether (sulfide) groups is 1. The van der Waals surface area contributed by atoms with Crippen molar-refractivity contribution in [1.29, 1.82) is 0 Å². The SMILES string of the molecule is CCCC1CN=C(Nc2cccc(CC)c2)S1. The van der Waals surface area contributed by atoms with Gasteiger partial charge in [0.15, 0.2) is 5.17 Å². The summed E-state index contributed by atoms with van der Waals surface area (Å²) in [6, 6.07) is 8.57. The average molecular weight is 248 g/mol. The van der Waals surface area contributed by atoms with Crippen LogP contribution in [0.5, 0.6) is 0 Å². The second-order valence-electron chi connectivity index (χ2n) is 4.35. The highest BCUT2D eigenvalue weighted by Gasteiger charge is 2.18. The first kappa shape index (κ1) is 12.5. The van der Waals surface area contributed by atoms with E-state index in [1.807, 2.05) is 11.8 Å². The molecule has 0 fully saturated rings. The standard InChI is InChI=1S/C14H20N2S/c1-3-6-13-10-15-14(17-13)16-12-8-5-7-11(4-2)9-12/h5,7-9,13H,3-4,6,10H2,1-2H3,(H,15,16). The third-order valence-corrected chi connectivity index (χ3v) is 4.09. The van der Waals surface area contributed by atoms with E-state index in [2.05, 4.69) is 48.4 Å². The summed E-state index contributed by atoms with van der Waals surface area (Å²) >= 11 is 1.88. The molecule has 92 valence electrons. The highest BCUT2D eigenvalue weighted by atomic mass is 32.2. The van der Waals surface area contributed by atoms with Crippen LogP contribution in [-0.4, -0.2) is 17.0 Å².